The van der Waals surface area contributed by atoms with Crippen molar-refractivity contribution in [1.29, 1.82) is 0 Å². The van der Waals surface area contributed by atoms with Gasteiger partial charge in [0.05, 0.1) is 7.11 Å². The van der Waals surface area contributed by atoms with Gasteiger partial charge in [-0.2, -0.15) is 0 Å². The van der Waals surface area contributed by atoms with E-state index < -0.39 is 6.09 Å². The average Bonchev–Trinajstić information content (AvgIpc) is 2.17. The molecule has 0 aromatic heterocycles. The smallest absolute Gasteiger partial charge is 0.411 e. The van der Waals surface area contributed by atoms with Crippen molar-refractivity contribution in [2.75, 3.05) is 12.4 Å². The quantitative estimate of drug-likeness (QED) is 0.795. The summed E-state index contributed by atoms with van der Waals surface area (Å²) in [5.74, 6) is 0. The van der Waals surface area contributed by atoms with Gasteiger partial charge >= 0.3 is 6.09 Å². The highest BCUT2D eigenvalue weighted by molar-refractivity contribution is 5.84. The summed E-state index contributed by atoms with van der Waals surface area (Å²) < 4.78 is 4.50. The SMILES string of the molecule is COC(=O)Nc1cccc(CC(C)N)c1. The first kappa shape index (κ1) is 11.5. The van der Waals surface area contributed by atoms with Gasteiger partial charge in [-0.05, 0) is 31.0 Å². The van der Waals surface area contributed by atoms with Crippen molar-refractivity contribution in [3.8, 4) is 0 Å². The first-order chi connectivity index (χ1) is 7.11. The Morgan fingerprint density at radius 1 is 1.60 bits per heavy atom. The summed E-state index contributed by atoms with van der Waals surface area (Å²) in [5.41, 5.74) is 7.51. The van der Waals surface area contributed by atoms with Crippen LogP contribution in [0, 0.1) is 0 Å². The molecule has 0 heterocycles. The lowest BCUT2D eigenvalue weighted by Gasteiger charge is -2.08. The third-order valence-corrected chi connectivity index (χ3v) is 1.92. The maximum atomic E-state index is 11.0. The zero-order valence-electron chi connectivity index (χ0n) is 8.99. The molecule has 0 radical (unpaired) electrons. The van der Waals surface area contributed by atoms with Gasteiger partial charge in [0, 0.05) is 11.7 Å². The van der Waals surface area contributed by atoms with Crippen LogP contribution in [0.15, 0.2) is 24.3 Å². The molecule has 0 aliphatic heterocycles. The molecule has 0 saturated heterocycles. The van der Waals surface area contributed by atoms with E-state index in [9.17, 15) is 4.79 Å². The van der Waals surface area contributed by atoms with E-state index in [2.05, 4.69) is 10.1 Å². The summed E-state index contributed by atoms with van der Waals surface area (Å²) in [7, 11) is 1.33. The van der Waals surface area contributed by atoms with E-state index in [4.69, 9.17) is 5.73 Å². The zero-order chi connectivity index (χ0) is 11.3. The Labute approximate surface area is 89.4 Å². The second kappa shape index (κ2) is 5.36. The zero-order valence-corrected chi connectivity index (χ0v) is 8.99. The van der Waals surface area contributed by atoms with E-state index in [1.807, 2.05) is 31.2 Å². The molecule has 3 N–H and O–H groups in total. The third-order valence-electron chi connectivity index (χ3n) is 1.92. The second-order valence-corrected chi connectivity index (χ2v) is 3.50. The van der Waals surface area contributed by atoms with E-state index >= 15 is 0 Å². The van der Waals surface area contributed by atoms with E-state index in [1.165, 1.54) is 7.11 Å². The molecule has 1 unspecified atom stereocenters. The van der Waals surface area contributed by atoms with E-state index in [-0.39, 0.29) is 6.04 Å². The molecule has 1 rings (SSSR count). The largest absolute Gasteiger partial charge is 0.453 e. The number of hydrogen-bond donors (Lipinski definition) is 2. The first-order valence-electron chi connectivity index (χ1n) is 4.81. The van der Waals surface area contributed by atoms with Crippen molar-refractivity contribution in [3.05, 3.63) is 29.8 Å². The molecule has 0 spiro atoms. The van der Waals surface area contributed by atoms with Gasteiger partial charge in [0.25, 0.3) is 0 Å². The van der Waals surface area contributed by atoms with Crippen LogP contribution < -0.4 is 11.1 Å². The molecule has 15 heavy (non-hydrogen) atoms. The molecule has 0 fully saturated rings. The summed E-state index contributed by atoms with van der Waals surface area (Å²) in [6.45, 7) is 1.94. The number of carbonyl (C=O) groups excluding carboxylic acids is 1. The van der Waals surface area contributed by atoms with Crippen molar-refractivity contribution >= 4 is 11.8 Å². The minimum Gasteiger partial charge on any atom is -0.453 e. The highest BCUT2D eigenvalue weighted by atomic mass is 16.5. The van der Waals surface area contributed by atoms with Crippen LogP contribution in [0.1, 0.15) is 12.5 Å². The van der Waals surface area contributed by atoms with Gasteiger partial charge in [-0.1, -0.05) is 12.1 Å². The number of hydrogen-bond acceptors (Lipinski definition) is 3. The molecule has 4 nitrogen and oxygen atoms in total. The fourth-order valence-corrected chi connectivity index (χ4v) is 1.32. The van der Waals surface area contributed by atoms with Gasteiger partial charge < -0.3 is 10.5 Å². The number of methoxy groups -OCH3 is 1. The maximum Gasteiger partial charge on any atom is 0.411 e. The number of ether oxygens (including phenoxy) is 1. The van der Waals surface area contributed by atoms with Crippen molar-refractivity contribution in [1.82, 2.24) is 0 Å². The van der Waals surface area contributed by atoms with E-state index in [0.29, 0.717) is 0 Å². The maximum absolute atomic E-state index is 11.0. The predicted octanol–water partition coefficient (Wildman–Crippen LogP) is 1.75. The summed E-state index contributed by atoms with van der Waals surface area (Å²) >= 11 is 0. The second-order valence-electron chi connectivity index (χ2n) is 3.50. The monoisotopic (exact) mass is 208 g/mol. The molecule has 1 amide bonds. The van der Waals surface area contributed by atoms with Crippen LogP contribution in [-0.2, 0) is 11.2 Å². The third kappa shape index (κ3) is 3.99. The summed E-state index contributed by atoms with van der Waals surface area (Å²) in [6, 6.07) is 7.66. The Bertz CT molecular complexity index is 337. The Morgan fingerprint density at radius 2 is 2.33 bits per heavy atom. The summed E-state index contributed by atoms with van der Waals surface area (Å²) in [4.78, 5) is 11.0. The van der Waals surface area contributed by atoms with Crippen molar-refractivity contribution in [2.24, 2.45) is 5.73 Å². The van der Waals surface area contributed by atoms with E-state index in [0.717, 1.165) is 17.7 Å². The van der Waals surface area contributed by atoms with Gasteiger partial charge in [-0.25, -0.2) is 4.79 Å². The molecule has 4 heteroatoms. The molecule has 82 valence electrons. The molecule has 1 aromatic rings. The van der Waals surface area contributed by atoms with Crippen molar-refractivity contribution < 1.29 is 9.53 Å². The van der Waals surface area contributed by atoms with Crippen LogP contribution in [0.4, 0.5) is 10.5 Å². The van der Waals surface area contributed by atoms with Crippen LogP contribution in [0.3, 0.4) is 0 Å². The fourth-order valence-electron chi connectivity index (χ4n) is 1.32. The molecule has 0 bridgehead atoms. The summed E-state index contributed by atoms with van der Waals surface area (Å²) in [5, 5.41) is 2.60. The minimum absolute atomic E-state index is 0.110. The number of benzene rings is 1. The van der Waals surface area contributed by atoms with Gasteiger partial charge in [0.15, 0.2) is 0 Å². The minimum atomic E-state index is -0.465. The lowest BCUT2D eigenvalue weighted by Crippen LogP contribution is -2.18. The van der Waals surface area contributed by atoms with Crippen LogP contribution >= 0.6 is 0 Å². The lowest BCUT2D eigenvalue weighted by molar-refractivity contribution is 0.187. The van der Waals surface area contributed by atoms with Crippen LogP contribution in [-0.4, -0.2) is 19.2 Å². The molecule has 0 saturated carbocycles. The van der Waals surface area contributed by atoms with Crippen LogP contribution in [0.2, 0.25) is 0 Å². The van der Waals surface area contributed by atoms with Gasteiger partial charge in [0.2, 0.25) is 0 Å². The Hall–Kier alpha value is -1.55. The van der Waals surface area contributed by atoms with Crippen LogP contribution in [0.5, 0.6) is 0 Å². The number of carbonyl (C=O) groups is 1. The molecule has 0 aliphatic rings. The van der Waals surface area contributed by atoms with Gasteiger partial charge in [-0.15, -0.1) is 0 Å². The van der Waals surface area contributed by atoms with Gasteiger partial charge in [0.1, 0.15) is 0 Å². The topological polar surface area (TPSA) is 64.3 Å². The molecular formula is C11H16N2O2. The first-order valence-corrected chi connectivity index (χ1v) is 4.81. The number of nitrogens with one attached hydrogen (secondary N) is 1. The number of amides is 1. The predicted molar refractivity (Wildman–Crippen MR) is 59.8 cm³/mol. The number of anilines is 1. The van der Waals surface area contributed by atoms with Gasteiger partial charge in [-0.3, -0.25) is 5.32 Å². The van der Waals surface area contributed by atoms with Crippen molar-refractivity contribution in [3.63, 3.8) is 0 Å². The lowest BCUT2D eigenvalue weighted by atomic mass is 10.1. The molecule has 1 aromatic carbocycles. The number of nitrogens with two attached hydrogens (primary N) is 1. The fraction of sp³-hybridized carbons (Fsp3) is 0.364. The molecular weight excluding hydrogens is 192 g/mol. The summed E-state index contributed by atoms with van der Waals surface area (Å²) in [6.07, 6.45) is 0.324. The Kier molecular flexibility index (Phi) is 4.12. The molecule has 1 atom stereocenters. The Morgan fingerprint density at radius 3 is 2.93 bits per heavy atom. The van der Waals surface area contributed by atoms with Crippen LogP contribution in [0.25, 0.3) is 0 Å². The van der Waals surface area contributed by atoms with E-state index in [1.54, 1.807) is 0 Å². The highest BCUT2D eigenvalue weighted by Gasteiger charge is 2.02. The Balaban J connectivity index is 2.69. The normalized spacial score (nSPS) is 11.9. The van der Waals surface area contributed by atoms with Crippen molar-refractivity contribution in [2.45, 2.75) is 19.4 Å². The molecule has 0 aliphatic carbocycles. The average molecular weight is 208 g/mol. The standard InChI is InChI=1S/C11H16N2O2/c1-8(12)6-9-4-3-5-10(7-9)13-11(14)15-2/h3-5,7-8H,6,12H2,1-2H3,(H,13,14). The highest BCUT2D eigenvalue weighted by Crippen LogP contribution is 2.12. The number of rotatable bonds is 3.